The Morgan fingerprint density at radius 3 is 2.62 bits per heavy atom. The molecule has 2 aliphatic heterocycles. The van der Waals surface area contributed by atoms with Crippen LogP contribution in [0.5, 0.6) is 0 Å². The number of nitrogens with zero attached hydrogens (tertiary/aromatic N) is 4. The molecule has 1 N–H and O–H groups in total. The minimum atomic E-state index is -0.0162. The van der Waals surface area contributed by atoms with Gasteiger partial charge in [-0.25, -0.2) is 4.98 Å². The molecule has 0 spiro atoms. The highest BCUT2D eigenvalue weighted by atomic mass is 32.1. The van der Waals surface area contributed by atoms with Gasteiger partial charge in [0.25, 0.3) is 0 Å². The molecule has 154 valence electrons. The van der Waals surface area contributed by atoms with Crippen LogP contribution in [0.15, 0.2) is 35.7 Å². The number of benzene rings is 1. The number of hydrogen-bond donors (Lipinski definition) is 1. The van der Waals surface area contributed by atoms with Crippen LogP contribution >= 0.6 is 11.3 Å². The lowest BCUT2D eigenvalue weighted by molar-refractivity contribution is -0.120. The Morgan fingerprint density at radius 2 is 1.90 bits per heavy atom. The number of anilines is 2. The lowest BCUT2D eigenvalue weighted by Gasteiger charge is -2.36. The minimum absolute atomic E-state index is 0.0162. The second kappa shape index (κ2) is 9.37. The summed E-state index contributed by atoms with van der Waals surface area (Å²) in [5.41, 5.74) is 2.01. The maximum absolute atomic E-state index is 12.2. The van der Waals surface area contributed by atoms with Gasteiger partial charge >= 0.3 is 0 Å². The van der Waals surface area contributed by atoms with Crippen molar-refractivity contribution in [3.63, 3.8) is 0 Å². The van der Waals surface area contributed by atoms with Gasteiger partial charge in [0.2, 0.25) is 11.8 Å². The van der Waals surface area contributed by atoms with Crippen molar-refractivity contribution in [2.45, 2.75) is 19.3 Å². The van der Waals surface area contributed by atoms with Crippen LogP contribution < -0.4 is 15.1 Å². The van der Waals surface area contributed by atoms with Crippen LogP contribution in [0.4, 0.5) is 10.8 Å². The molecule has 2 saturated heterocycles. The number of para-hydroxylation sites is 1. The van der Waals surface area contributed by atoms with Crippen molar-refractivity contribution < 1.29 is 9.59 Å². The van der Waals surface area contributed by atoms with E-state index in [1.165, 1.54) is 17.0 Å². The summed E-state index contributed by atoms with van der Waals surface area (Å²) in [6, 6.07) is 10.5. The van der Waals surface area contributed by atoms with Crippen molar-refractivity contribution in [3.05, 3.63) is 41.4 Å². The van der Waals surface area contributed by atoms with Crippen LogP contribution in [0.3, 0.4) is 0 Å². The number of thiazole rings is 1. The molecule has 0 bridgehead atoms. The van der Waals surface area contributed by atoms with E-state index < -0.39 is 0 Å². The molecule has 0 radical (unpaired) electrons. The fourth-order valence-corrected chi connectivity index (χ4v) is 4.67. The monoisotopic (exact) mass is 413 g/mol. The number of hydrogen-bond acceptors (Lipinski definition) is 6. The first-order chi connectivity index (χ1) is 14.2. The van der Waals surface area contributed by atoms with E-state index in [-0.39, 0.29) is 18.2 Å². The predicted molar refractivity (Wildman–Crippen MR) is 116 cm³/mol. The Balaban J connectivity index is 1.16. The Kier molecular flexibility index (Phi) is 6.41. The van der Waals surface area contributed by atoms with Gasteiger partial charge in [-0.05, 0) is 18.6 Å². The molecule has 3 heterocycles. The first-order valence-corrected chi connectivity index (χ1v) is 11.1. The van der Waals surface area contributed by atoms with Crippen LogP contribution in [0.25, 0.3) is 0 Å². The van der Waals surface area contributed by atoms with E-state index in [9.17, 15) is 9.59 Å². The molecular formula is C21H27N5O2S. The van der Waals surface area contributed by atoms with Gasteiger partial charge in [-0.2, -0.15) is 0 Å². The van der Waals surface area contributed by atoms with Gasteiger partial charge in [0.15, 0.2) is 5.13 Å². The van der Waals surface area contributed by atoms with E-state index in [4.69, 9.17) is 0 Å². The first-order valence-electron chi connectivity index (χ1n) is 10.2. The van der Waals surface area contributed by atoms with E-state index in [1.54, 1.807) is 4.90 Å². The van der Waals surface area contributed by atoms with Crippen LogP contribution in [-0.2, 0) is 16.0 Å². The van der Waals surface area contributed by atoms with Gasteiger partial charge in [-0.3, -0.25) is 19.4 Å². The summed E-state index contributed by atoms with van der Waals surface area (Å²) < 4.78 is 0. The molecule has 1 aromatic heterocycles. The van der Waals surface area contributed by atoms with Crippen LogP contribution in [0, 0.1) is 0 Å². The third-order valence-electron chi connectivity index (χ3n) is 5.43. The number of aromatic nitrogens is 1. The van der Waals surface area contributed by atoms with Gasteiger partial charge in [-0.15, -0.1) is 11.3 Å². The Bertz CT molecular complexity index is 833. The normalized spacial score (nSPS) is 17.7. The average molecular weight is 414 g/mol. The van der Waals surface area contributed by atoms with Crippen molar-refractivity contribution >= 4 is 34.0 Å². The highest BCUT2D eigenvalue weighted by Gasteiger charge is 2.24. The van der Waals surface area contributed by atoms with E-state index in [1.807, 2.05) is 11.4 Å². The minimum Gasteiger partial charge on any atom is -0.369 e. The van der Waals surface area contributed by atoms with E-state index in [0.29, 0.717) is 18.1 Å². The fraction of sp³-hybridized carbons (Fsp3) is 0.476. The molecule has 0 unspecified atom stereocenters. The lowest BCUT2D eigenvalue weighted by Crippen LogP contribution is -2.48. The Hall–Kier alpha value is -2.45. The quantitative estimate of drug-likeness (QED) is 0.749. The highest BCUT2D eigenvalue weighted by Crippen LogP contribution is 2.25. The first kappa shape index (κ1) is 19.8. The number of carbonyl (C=O) groups excluding carboxylic acids is 2. The predicted octanol–water partition coefficient (Wildman–Crippen LogP) is 1.75. The molecule has 4 rings (SSSR count). The number of piperazine rings is 1. The largest absolute Gasteiger partial charge is 0.369 e. The van der Waals surface area contributed by atoms with Crippen molar-refractivity contribution in [2.75, 3.05) is 55.6 Å². The van der Waals surface area contributed by atoms with Crippen LogP contribution in [0.2, 0.25) is 0 Å². The Morgan fingerprint density at radius 1 is 1.10 bits per heavy atom. The summed E-state index contributed by atoms with van der Waals surface area (Å²) in [5.74, 6) is 0.111. The number of amides is 2. The number of carbonyl (C=O) groups is 2. The summed E-state index contributed by atoms with van der Waals surface area (Å²) >= 11 is 1.44. The molecule has 7 nitrogen and oxygen atoms in total. The second-order valence-electron chi connectivity index (χ2n) is 7.46. The van der Waals surface area contributed by atoms with Crippen molar-refractivity contribution in [3.8, 4) is 0 Å². The molecule has 0 saturated carbocycles. The van der Waals surface area contributed by atoms with Gasteiger partial charge in [-0.1, -0.05) is 18.2 Å². The molecular weight excluding hydrogens is 386 g/mol. The summed E-state index contributed by atoms with van der Waals surface area (Å²) in [6.07, 6.45) is 1.74. The van der Waals surface area contributed by atoms with Gasteiger partial charge in [0.1, 0.15) is 0 Å². The molecule has 0 aliphatic carbocycles. The SMILES string of the molecule is O=C(Cc1csc(N2CCCC2=O)n1)NCCN1CCN(c2ccccc2)CC1. The molecule has 0 atom stereocenters. The van der Waals surface area contributed by atoms with Crippen molar-refractivity contribution in [2.24, 2.45) is 0 Å². The zero-order valence-corrected chi connectivity index (χ0v) is 17.4. The summed E-state index contributed by atoms with van der Waals surface area (Å²) in [5, 5.41) is 5.59. The van der Waals surface area contributed by atoms with Crippen LogP contribution in [-0.4, -0.2) is 67.5 Å². The molecule has 29 heavy (non-hydrogen) atoms. The fourth-order valence-electron chi connectivity index (χ4n) is 3.80. The molecule has 2 amide bonds. The number of nitrogens with one attached hydrogen (secondary N) is 1. The van der Waals surface area contributed by atoms with Gasteiger partial charge in [0.05, 0.1) is 12.1 Å². The average Bonchev–Trinajstić information content (AvgIpc) is 3.38. The van der Waals surface area contributed by atoms with Crippen molar-refractivity contribution in [1.29, 1.82) is 0 Å². The number of rotatable bonds is 7. The summed E-state index contributed by atoms with van der Waals surface area (Å²) in [7, 11) is 0. The van der Waals surface area contributed by atoms with E-state index in [0.717, 1.165) is 51.4 Å². The molecule has 8 heteroatoms. The molecule has 2 aromatic rings. The maximum Gasteiger partial charge on any atom is 0.228 e. The second-order valence-corrected chi connectivity index (χ2v) is 8.30. The Labute approximate surface area is 175 Å². The molecule has 2 fully saturated rings. The zero-order valence-electron chi connectivity index (χ0n) is 16.5. The van der Waals surface area contributed by atoms with E-state index >= 15 is 0 Å². The summed E-state index contributed by atoms with van der Waals surface area (Å²) in [6.45, 7) is 6.26. The highest BCUT2D eigenvalue weighted by molar-refractivity contribution is 7.14. The molecule has 1 aromatic carbocycles. The topological polar surface area (TPSA) is 68.8 Å². The van der Waals surface area contributed by atoms with Crippen molar-refractivity contribution in [1.82, 2.24) is 15.2 Å². The lowest BCUT2D eigenvalue weighted by atomic mass is 10.2. The molecule has 2 aliphatic rings. The third-order valence-corrected chi connectivity index (χ3v) is 6.34. The smallest absolute Gasteiger partial charge is 0.228 e. The van der Waals surface area contributed by atoms with Gasteiger partial charge in [0, 0.05) is 63.3 Å². The maximum atomic E-state index is 12.2. The zero-order chi connectivity index (χ0) is 20.1. The standard InChI is InChI=1S/C21H27N5O2S/c27-19(15-17-16-29-21(23-17)26-9-4-7-20(26)28)22-8-10-24-11-13-25(14-12-24)18-5-2-1-3-6-18/h1-3,5-6,16H,4,7-15H2,(H,22,27). The van der Waals surface area contributed by atoms with E-state index in [2.05, 4.69) is 44.4 Å². The van der Waals surface area contributed by atoms with Crippen LogP contribution in [0.1, 0.15) is 18.5 Å². The third kappa shape index (κ3) is 5.13. The van der Waals surface area contributed by atoms with Gasteiger partial charge < -0.3 is 10.2 Å². The summed E-state index contributed by atoms with van der Waals surface area (Å²) in [4.78, 5) is 35.0.